The van der Waals surface area contributed by atoms with Crippen molar-refractivity contribution in [2.24, 2.45) is 0 Å². The number of nitrogens with zero attached hydrogens (tertiary/aromatic N) is 1. The van der Waals surface area contributed by atoms with E-state index in [0.29, 0.717) is 16.6 Å². The number of hydrogen-bond acceptors (Lipinski definition) is 5. The van der Waals surface area contributed by atoms with E-state index in [1.54, 1.807) is 30.4 Å². The number of rotatable bonds is 3. The van der Waals surface area contributed by atoms with Gasteiger partial charge in [-0.25, -0.2) is 9.78 Å². The molecule has 0 aliphatic rings. The zero-order valence-electron chi connectivity index (χ0n) is 12.3. The van der Waals surface area contributed by atoms with Crippen molar-refractivity contribution in [3.8, 4) is 17.2 Å². The Labute approximate surface area is 136 Å². The van der Waals surface area contributed by atoms with Gasteiger partial charge in [0.2, 0.25) is 0 Å². The van der Waals surface area contributed by atoms with Gasteiger partial charge in [0.1, 0.15) is 11.3 Å². The minimum atomic E-state index is -1.09. The van der Waals surface area contributed by atoms with E-state index in [1.807, 2.05) is 0 Å². The predicted molar refractivity (Wildman–Crippen MR) is 89.1 cm³/mol. The summed E-state index contributed by atoms with van der Waals surface area (Å²) < 4.78 is 0. The Hall–Kier alpha value is -3.54. The smallest absolute Gasteiger partial charge is 0.336 e. The van der Waals surface area contributed by atoms with Gasteiger partial charge in [-0.05, 0) is 48.0 Å². The van der Waals surface area contributed by atoms with Crippen molar-refractivity contribution in [2.75, 3.05) is 0 Å². The Balaban J connectivity index is 2.01. The van der Waals surface area contributed by atoms with Crippen LogP contribution in [-0.4, -0.2) is 31.4 Å². The van der Waals surface area contributed by atoms with Gasteiger partial charge < -0.3 is 20.4 Å². The molecule has 1 heterocycles. The molecule has 0 atom stereocenters. The number of aromatic nitrogens is 1. The molecule has 120 valence electrons. The minimum absolute atomic E-state index is 0.0642. The summed E-state index contributed by atoms with van der Waals surface area (Å²) in [6, 6.07) is 10.2. The largest absolute Gasteiger partial charge is 0.506 e. The van der Waals surface area contributed by atoms with Crippen LogP contribution >= 0.6 is 0 Å². The van der Waals surface area contributed by atoms with Crippen molar-refractivity contribution in [3.05, 3.63) is 59.3 Å². The summed E-state index contributed by atoms with van der Waals surface area (Å²) >= 11 is 0. The van der Waals surface area contributed by atoms with Gasteiger partial charge in [-0.15, -0.1) is 0 Å². The second-order valence-electron chi connectivity index (χ2n) is 5.15. The molecule has 0 fully saturated rings. The number of phenolic OH excluding ortho intramolecular Hbond substituents is 3. The number of carboxylic acids is 1. The number of phenols is 3. The van der Waals surface area contributed by atoms with Gasteiger partial charge in [-0.2, -0.15) is 0 Å². The first-order chi connectivity index (χ1) is 11.5. The first-order valence-electron chi connectivity index (χ1n) is 7.02. The van der Waals surface area contributed by atoms with E-state index < -0.39 is 5.97 Å². The number of fused-ring (bicyclic) bond motifs is 1. The van der Waals surface area contributed by atoms with Crippen molar-refractivity contribution in [2.45, 2.75) is 0 Å². The quantitative estimate of drug-likeness (QED) is 0.551. The number of aromatic carboxylic acids is 1. The van der Waals surface area contributed by atoms with Crippen molar-refractivity contribution in [3.63, 3.8) is 0 Å². The Kier molecular flexibility index (Phi) is 3.79. The van der Waals surface area contributed by atoms with Gasteiger partial charge in [0.25, 0.3) is 0 Å². The molecule has 0 unspecified atom stereocenters. The zero-order chi connectivity index (χ0) is 17.3. The van der Waals surface area contributed by atoms with Gasteiger partial charge in [0, 0.05) is 5.39 Å². The fourth-order valence-electron chi connectivity index (χ4n) is 2.32. The molecule has 1 aromatic heterocycles. The lowest BCUT2D eigenvalue weighted by Gasteiger charge is -2.05. The third-order valence-corrected chi connectivity index (χ3v) is 3.53. The molecule has 0 aliphatic heterocycles. The second-order valence-corrected chi connectivity index (χ2v) is 5.15. The molecule has 0 radical (unpaired) electrons. The van der Waals surface area contributed by atoms with Crippen LogP contribution in [-0.2, 0) is 0 Å². The van der Waals surface area contributed by atoms with Crippen LogP contribution in [0.1, 0.15) is 21.6 Å². The highest BCUT2D eigenvalue weighted by Crippen LogP contribution is 2.28. The van der Waals surface area contributed by atoms with E-state index in [9.17, 15) is 25.2 Å². The first-order valence-corrected chi connectivity index (χ1v) is 7.02. The molecule has 0 saturated carbocycles. The Morgan fingerprint density at radius 2 is 1.62 bits per heavy atom. The molecule has 0 spiro atoms. The van der Waals surface area contributed by atoms with E-state index >= 15 is 0 Å². The van der Waals surface area contributed by atoms with Crippen LogP contribution in [0, 0.1) is 0 Å². The van der Waals surface area contributed by atoms with Crippen LogP contribution in [0.4, 0.5) is 0 Å². The lowest BCUT2D eigenvalue weighted by molar-refractivity contribution is 0.0699. The molecule has 6 heteroatoms. The second kappa shape index (κ2) is 5.92. The molecule has 24 heavy (non-hydrogen) atoms. The van der Waals surface area contributed by atoms with Crippen LogP contribution in [0.15, 0.2) is 42.5 Å². The third kappa shape index (κ3) is 2.85. The molecular weight excluding hydrogens is 310 g/mol. The normalized spacial score (nSPS) is 11.2. The molecule has 6 nitrogen and oxygen atoms in total. The number of benzene rings is 2. The lowest BCUT2D eigenvalue weighted by Crippen LogP contribution is -1.98. The molecule has 3 aromatic rings. The number of pyridine rings is 1. The predicted octanol–water partition coefficient (Wildman–Crippen LogP) is 3.22. The Bertz CT molecular complexity index is 979. The van der Waals surface area contributed by atoms with Crippen molar-refractivity contribution < 1.29 is 25.2 Å². The van der Waals surface area contributed by atoms with Crippen LogP contribution in [0.3, 0.4) is 0 Å². The van der Waals surface area contributed by atoms with Crippen LogP contribution in [0.5, 0.6) is 17.2 Å². The van der Waals surface area contributed by atoms with Crippen molar-refractivity contribution in [1.82, 2.24) is 4.98 Å². The summed E-state index contributed by atoms with van der Waals surface area (Å²) in [4.78, 5) is 15.5. The average Bonchev–Trinajstić information content (AvgIpc) is 2.56. The summed E-state index contributed by atoms with van der Waals surface area (Å²) in [6.07, 6.45) is 3.32. The monoisotopic (exact) mass is 323 g/mol. The molecule has 0 amide bonds. The SMILES string of the molecule is O=C(O)c1ccc(O)c2nc(/C=C/c3ccc(O)c(O)c3)ccc12. The fraction of sp³-hybridized carbons (Fsp3) is 0. The number of hydrogen-bond donors (Lipinski definition) is 4. The maximum Gasteiger partial charge on any atom is 0.336 e. The standard InChI is InChI=1S/C18H13NO5/c20-14-7-2-10(9-16(14)22)1-3-11-4-5-12-13(18(23)24)6-8-15(21)17(12)19-11/h1-9,20-22H,(H,23,24)/b3-1+. The molecule has 2 aromatic carbocycles. The molecule has 0 saturated heterocycles. The van der Waals surface area contributed by atoms with Gasteiger partial charge in [-0.3, -0.25) is 0 Å². The molecular formula is C18H13NO5. The fourth-order valence-corrected chi connectivity index (χ4v) is 2.32. The van der Waals surface area contributed by atoms with Crippen molar-refractivity contribution >= 4 is 29.0 Å². The van der Waals surface area contributed by atoms with E-state index in [1.165, 1.54) is 24.3 Å². The highest BCUT2D eigenvalue weighted by atomic mass is 16.4. The highest BCUT2D eigenvalue weighted by molar-refractivity contribution is 6.04. The topological polar surface area (TPSA) is 111 Å². The van der Waals surface area contributed by atoms with E-state index in [2.05, 4.69) is 4.98 Å². The van der Waals surface area contributed by atoms with Gasteiger partial charge in [0.05, 0.1) is 11.3 Å². The lowest BCUT2D eigenvalue weighted by atomic mass is 10.1. The van der Waals surface area contributed by atoms with Crippen molar-refractivity contribution in [1.29, 1.82) is 0 Å². The van der Waals surface area contributed by atoms with Crippen LogP contribution < -0.4 is 0 Å². The maximum absolute atomic E-state index is 11.2. The minimum Gasteiger partial charge on any atom is -0.506 e. The molecule has 0 aliphatic carbocycles. The Morgan fingerprint density at radius 3 is 2.33 bits per heavy atom. The van der Waals surface area contributed by atoms with Gasteiger partial charge in [0.15, 0.2) is 11.5 Å². The van der Waals surface area contributed by atoms with Gasteiger partial charge in [-0.1, -0.05) is 12.1 Å². The molecule has 4 N–H and O–H groups in total. The maximum atomic E-state index is 11.2. The molecule has 0 bridgehead atoms. The van der Waals surface area contributed by atoms with E-state index in [4.69, 9.17) is 0 Å². The van der Waals surface area contributed by atoms with Crippen LogP contribution in [0.25, 0.3) is 23.1 Å². The zero-order valence-corrected chi connectivity index (χ0v) is 12.3. The summed E-state index contributed by atoms with van der Waals surface area (Å²) in [6.45, 7) is 0. The van der Waals surface area contributed by atoms with E-state index in [-0.39, 0.29) is 28.3 Å². The van der Waals surface area contributed by atoms with Crippen LogP contribution in [0.2, 0.25) is 0 Å². The molecule has 3 rings (SSSR count). The summed E-state index contributed by atoms with van der Waals surface area (Å²) in [5, 5.41) is 38.2. The average molecular weight is 323 g/mol. The summed E-state index contributed by atoms with van der Waals surface area (Å²) in [7, 11) is 0. The third-order valence-electron chi connectivity index (χ3n) is 3.53. The Morgan fingerprint density at radius 1 is 0.875 bits per heavy atom. The number of carboxylic acid groups (broad SMARTS) is 1. The highest BCUT2D eigenvalue weighted by Gasteiger charge is 2.12. The van der Waals surface area contributed by atoms with E-state index in [0.717, 1.165) is 0 Å². The number of carbonyl (C=O) groups is 1. The summed E-state index contributed by atoms with van der Waals surface area (Å²) in [5.41, 5.74) is 1.42. The first kappa shape index (κ1) is 15.4. The number of aromatic hydroxyl groups is 3. The summed E-state index contributed by atoms with van der Waals surface area (Å²) in [5.74, 6) is -1.63. The van der Waals surface area contributed by atoms with Gasteiger partial charge >= 0.3 is 5.97 Å².